The number of thiazole rings is 1. The average molecular weight is 532 g/mol. The van der Waals surface area contributed by atoms with Gasteiger partial charge in [-0.1, -0.05) is 46.8 Å². The van der Waals surface area contributed by atoms with Crippen LogP contribution in [0.5, 0.6) is 11.5 Å². The van der Waals surface area contributed by atoms with Crippen LogP contribution < -0.4 is 15.0 Å². The second-order valence-electron chi connectivity index (χ2n) is 6.52. The third-order valence-corrected chi connectivity index (χ3v) is 6.88. The van der Waals surface area contributed by atoms with Crippen LogP contribution in [-0.2, 0) is 5.75 Å². The Morgan fingerprint density at radius 3 is 2.64 bits per heavy atom. The summed E-state index contributed by atoms with van der Waals surface area (Å²) >= 11 is 14.0. The number of hydrogen-bond acceptors (Lipinski definition) is 7. The maximum absolute atomic E-state index is 12.7. The predicted molar refractivity (Wildman–Crippen MR) is 125 cm³/mol. The van der Waals surface area contributed by atoms with Gasteiger partial charge in [-0.15, -0.1) is 13.2 Å². The van der Waals surface area contributed by atoms with Crippen molar-refractivity contribution in [2.24, 2.45) is 0 Å². The van der Waals surface area contributed by atoms with Crippen molar-refractivity contribution in [2.45, 2.75) is 17.3 Å². The molecule has 0 saturated carbocycles. The first-order chi connectivity index (χ1) is 15.6. The number of thioether (sulfide) groups is 1. The third kappa shape index (κ3) is 5.35. The van der Waals surface area contributed by atoms with Crippen LogP contribution in [0.4, 0.5) is 13.2 Å². The van der Waals surface area contributed by atoms with E-state index in [9.17, 15) is 18.0 Å². The van der Waals surface area contributed by atoms with Gasteiger partial charge in [0.15, 0.2) is 14.8 Å². The van der Waals surface area contributed by atoms with Crippen LogP contribution in [0.15, 0.2) is 52.4 Å². The number of hydrogen-bond donors (Lipinski definition) is 1. The molecule has 13 heteroatoms. The lowest BCUT2D eigenvalue weighted by molar-refractivity contribution is -0.274. The van der Waals surface area contributed by atoms with E-state index in [1.165, 1.54) is 43.1 Å². The molecular formula is C20H13ClF3N3O3S3. The number of nitrogens with zero attached hydrogens (tertiary/aromatic N) is 2. The molecule has 6 nitrogen and oxygen atoms in total. The fourth-order valence-electron chi connectivity index (χ4n) is 2.95. The summed E-state index contributed by atoms with van der Waals surface area (Å²) in [4.78, 5) is 19.9. The zero-order chi connectivity index (χ0) is 23.8. The van der Waals surface area contributed by atoms with E-state index in [2.05, 4.69) is 14.7 Å². The highest BCUT2D eigenvalue weighted by Gasteiger charge is 2.30. The molecule has 1 N–H and O–H groups in total. The number of aromatic amines is 1. The maximum Gasteiger partial charge on any atom is 0.573 e. The number of methoxy groups -OCH3 is 1. The van der Waals surface area contributed by atoms with Gasteiger partial charge in [0.2, 0.25) is 0 Å². The molecule has 0 atom stereocenters. The Morgan fingerprint density at radius 1 is 1.24 bits per heavy atom. The van der Waals surface area contributed by atoms with E-state index in [0.717, 1.165) is 16.9 Å². The first-order valence-electron chi connectivity index (χ1n) is 9.12. The Labute approximate surface area is 203 Å². The van der Waals surface area contributed by atoms with Gasteiger partial charge < -0.3 is 14.5 Å². The van der Waals surface area contributed by atoms with E-state index in [-0.39, 0.29) is 11.3 Å². The van der Waals surface area contributed by atoms with Crippen molar-refractivity contribution in [1.82, 2.24) is 14.5 Å². The van der Waals surface area contributed by atoms with Gasteiger partial charge in [0.25, 0.3) is 5.56 Å². The van der Waals surface area contributed by atoms with Crippen LogP contribution >= 0.6 is 46.9 Å². The molecule has 0 unspecified atom stereocenters. The van der Waals surface area contributed by atoms with Crippen LogP contribution in [0.2, 0.25) is 5.02 Å². The normalized spacial score (nSPS) is 11.7. The van der Waals surface area contributed by atoms with Gasteiger partial charge in [-0.2, -0.15) is 0 Å². The number of halogens is 4. The molecule has 0 radical (unpaired) electrons. The first-order valence-corrected chi connectivity index (χ1v) is 11.7. The summed E-state index contributed by atoms with van der Waals surface area (Å²) in [5, 5.41) is 0.787. The maximum atomic E-state index is 12.7. The van der Waals surface area contributed by atoms with E-state index in [1.54, 1.807) is 22.8 Å². The van der Waals surface area contributed by atoms with Crippen molar-refractivity contribution < 1.29 is 22.6 Å². The molecule has 0 fully saturated rings. The van der Waals surface area contributed by atoms with Crippen LogP contribution in [0.1, 0.15) is 5.56 Å². The van der Waals surface area contributed by atoms with Crippen molar-refractivity contribution in [2.75, 3.05) is 7.11 Å². The number of alkyl halides is 3. The molecule has 0 bridgehead atoms. The van der Waals surface area contributed by atoms with Gasteiger partial charge in [0.1, 0.15) is 16.2 Å². The molecule has 2 aromatic heterocycles. The monoisotopic (exact) mass is 531 g/mol. The van der Waals surface area contributed by atoms with Gasteiger partial charge in [-0.3, -0.25) is 9.36 Å². The highest BCUT2D eigenvalue weighted by atomic mass is 35.5. The summed E-state index contributed by atoms with van der Waals surface area (Å²) in [5.74, 6) is 0.552. The van der Waals surface area contributed by atoms with Crippen molar-refractivity contribution in [3.05, 3.63) is 67.4 Å². The summed E-state index contributed by atoms with van der Waals surface area (Å²) in [7, 11) is 1.51. The number of ether oxygens (including phenoxy) is 2. The van der Waals surface area contributed by atoms with Gasteiger partial charge in [0.05, 0.1) is 12.8 Å². The van der Waals surface area contributed by atoms with Gasteiger partial charge >= 0.3 is 6.36 Å². The van der Waals surface area contributed by atoms with Gasteiger partial charge in [-0.25, -0.2) is 4.98 Å². The molecule has 0 saturated heterocycles. The number of benzene rings is 2. The number of aromatic nitrogens is 3. The molecule has 0 aliphatic heterocycles. The lowest BCUT2D eigenvalue weighted by atomic mass is 10.2. The largest absolute Gasteiger partial charge is 0.573 e. The lowest BCUT2D eigenvalue weighted by Gasteiger charge is -2.11. The molecule has 2 heterocycles. The fraction of sp³-hybridized carbons (Fsp3) is 0.150. The van der Waals surface area contributed by atoms with E-state index >= 15 is 0 Å². The standard InChI is InChI=1S/C20H13ClF3N3O3S3/c1-29-14-7-4-11(21)8-13(14)27-16-15(33-19(27)31)17(28)26-18(25-16)32-9-10-2-5-12(6-3-10)30-20(22,23)24/h2-8H,9H2,1H3,(H,25,26,28). The molecule has 0 aliphatic carbocycles. The highest BCUT2D eigenvalue weighted by Crippen LogP contribution is 2.32. The van der Waals surface area contributed by atoms with Crippen molar-refractivity contribution in [3.8, 4) is 17.2 Å². The van der Waals surface area contributed by atoms with Gasteiger partial charge in [0, 0.05) is 10.8 Å². The molecule has 172 valence electrons. The molecule has 4 aromatic rings. The zero-order valence-electron chi connectivity index (χ0n) is 16.6. The minimum absolute atomic E-state index is 0.308. The summed E-state index contributed by atoms with van der Waals surface area (Å²) < 4.78 is 48.6. The Balaban J connectivity index is 1.66. The average Bonchev–Trinajstić information content (AvgIpc) is 3.08. The first kappa shape index (κ1) is 23.6. The van der Waals surface area contributed by atoms with E-state index < -0.39 is 6.36 Å². The second-order valence-corrected chi connectivity index (χ2v) is 9.57. The van der Waals surface area contributed by atoms with Crippen molar-refractivity contribution in [1.29, 1.82) is 0 Å². The topological polar surface area (TPSA) is 69.1 Å². The number of fused-ring (bicyclic) bond motifs is 1. The lowest BCUT2D eigenvalue weighted by Crippen LogP contribution is -2.17. The van der Waals surface area contributed by atoms with Crippen LogP contribution in [0.25, 0.3) is 16.0 Å². The Kier molecular flexibility index (Phi) is 6.71. The van der Waals surface area contributed by atoms with Gasteiger partial charge in [-0.05, 0) is 48.1 Å². The summed E-state index contributed by atoms with van der Waals surface area (Å²) in [6.45, 7) is 0. The number of H-pyrrole nitrogens is 1. The molecule has 0 spiro atoms. The summed E-state index contributed by atoms with van der Waals surface area (Å²) in [5.41, 5.74) is 1.27. The molecule has 33 heavy (non-hydrogen) atoms. The summed E-state index contributed by atoms with van der Waals surface area (Å²) in [6.07, 6.45) is -4.75. The van der Waals surface area contributed by atoms with Crippen LogP contribution in [-0.4, -0.2) is 28.0 Å². The smallest absolute Gasteiger partial charge is 0.495 e. The Hall–Kier alpha value is -2.54. The molecule has 2 aromatic carbocycles. The van der Waals surface area contributed by atoms with E-state index in [4.69, 9.17) is 28.6 Å². The molecule has 0 aliphatic rings. The second kappa shape index (κ2) is 9.37. The van der Waals surface area contributed by atoms with Crippen LogP contribution in [0, 0.1) is 3.95 Å². The fourth-order valence-corrected chi connectivity index (χ4v) is 5.19. The van der Waals surface area contributed by atoms with Crippen molar-refractivity contribution >= 4 is 57.3 Å². The predicted octanol–water partition coefficient (Wildman–Crippen LogP) is 6.36. The Bertz CT molecular complexity index is 1430. The Morgan fingerprint density at radius 2 is 1.97 bits per heavy atom. The highest BCUT2D eigenvalue weighted by molar-refractivity contribution is 7.98. The third-order valence-electron chi connectivity index (χ3n) is 4.34. The molecule has 4 rings (SSSR count). The number of nitrogens with one attached hydrogen (secondary N) is 1. The van der Waals surface area contributed by atoms with E-state index in [0.29, 0.717) is 41.7 Å². The van der Waals surface area contributed by atoms with Crippen molar-refractivity contribution in [3.63, 3.8) is 0 Å². The quantitative estimate of drug-likeness (QED) is 0.177. The van der Waals surface area contributed by atoms with E-state index in [1.807, 2.05) is 0 Å². The number of rotatable bonds is 6. The zero-order valence-corrected chi connectivity index (χ0v) is 19.8. The minimum Gasteiger partial charge on any atom is -0.495 e. The summed E-state index contributed by atoms with van der Waals surface area (Å²) in [6, 6.07) is 10.5. The van der Waals surface area contributed by atoms with Crippen LogP contribution in [0.3, 0.4) is 0 Å². The molecular weight excluding hydrogens is 519 g/mol. The minimum atomic E-state index is -4.75. The SMILES string of the molecule is COc1ccc(Cl)cc1-n1c(=S)sc2c(=O)[nH]c(SCc3ccc(OC(F)(F)F)cc3)nc21. The molecule has 0 amide bonds.